The Labute approximate surface area is 118 Å². The highest BCUT2D eigenvalue weighted by molar-refractivity contribution is 5.25. The Hall–Kier alpha value is -1.07. The van der Waals surface area contributed by atoms with Crippen LogP contribution in [-0.2, 0) is 11.2 Å². The Morgan fingerprint density at radius 2 is 1.80 bits per heavy atom. The standard InChI is InChI=1S/C15H22F3NO/c1-3-12-5-7-13(8-6-12)14(19-4-2)11-20-10-9-15(16,17)18/h5-8,14,19H,3-4,9-11H2,1-2H3. The molecule has 1 aromatic rings. The van der Waals surface area contributed by atoms with Gasteiger partial charge in [0, 0.05) is 0 Å². The zero-order chi connectivity index (χ0) is 15.0. The molecule has 2 nitrogen and oxygen atoms in total. The van der Waals surface area contributed by atoms with E-state index in [1.807, 2.05) is 31.2 Å². The largest absolute Gasteiger partial charge is 0.391 e. The lowest BCUT2D eigenvalue weighted by atomic mass is 10.0. The van der Waals surface area contributed by atoms with Crippen LogP contribution in [0, 0.1) is 0 Å². The topological polar surface area (TPSA) is 21.3 Å². The zero-order valence-corrected chi connectivity index (χ0v) is 12.0. The molecule has 1 aromatic carbocycles. The maximum absolute atomic E-state index is 12.0. The van der Waals surface area contributed by atoms with Gasteiger partial charge in [0.25, 0.3) is 0 Å². The van der Waals surface area contributed by atoms with Crippen LogP contribution < -0.4 is 5.32 Å². The number of alkyl halides is 3. The summed E-state index contributed by atoms with van der Waals surface area (Å²) in [5, 5.41) is 3.23. The number of hydrogen-bond acceptors (Lipinski definition) is 2. The summed E-state index contributed by atoms with van der Waals surface area (Å²) in [4.78, 5) is 0. The maximum atomic E-state index is 12.0. The van der Waals surface area contributed by atoms with Crippen molar-refractivity contribution in [1.29, 1.82) is 0 Å². The predicted octanol–water partition coefficient (Wildman–Crippen LogP) is 3.87. The van der Waals surface area contributed by atoms with Gasteiger partial charge in [-0.1, -0.05) is 38.1 Å². The van der Waals surface area contributed by atoms with Crippen molar-refractivity contribution >= 4 is 0 Å². The van der Waals surface area contributed by atoms with Gasteiger partial charge in [-0.3, -0.25) is 0 Å². The van der Waals surface area contributed by atoms with Crippen molar-refractivity contribution in [3.63, 3.8) is 0 Å². The average Bonchev–Trinajstić information content (AvgIpc) is 2.41. The molecule has 20 heavy (non-hydrogen) atoms. The first-order chi connectivity index (χ1) is 9.46. The summed E-state index contributed by atoms with van der Waals surface area (Å²) in [6.45, 7) is 4.73. The molecule has 0 aliphatic heterocycles. The number of benzene rings is 1. The first kappa shape index (κ1) is 17.0. The van der Waals surface area contributed by atoms with Gasteiger partial charge in [0.1, 0.15) is 0 Å². The average molecular weight is 289 g/mol. The molecule has 0 aliphatic carbocycles. The molecule has 0 heterocycles. The first-order valence-electron chi connectivity index (χ1n) is 6.93. The van der Waals surface area contributed by atoms with E-state index in [4.69, 9.17) is 4.74 Å². The van der Waals surface area contributed by atoms with Gasteiger partial charge in [-0.15, -0.1) is 0 Å². The fourth-order valence-corrected chi connectivity index (χ4v) is 1.89. The second kappa shape index (κ2) is 8.27. The van der Waals surface area contributed by atoms with E-state index in [0.29, 0.717) is 0 Å². The molecule has 0 saturated heterocycles. The Morgan fingerprint density at radius 3 is 2.30 bits per heavy atom. The highest BCUT2D eigenvalue weighted by atomic mass is 19.4. The number of ether oxygens (including phenoxy) is 1. The summed E-state index contributed by atoms with van der Waals surface area (Å²) in [6.07, 6.45) is -4.09. The molecule has 5 heteroatoms. The van der Waals surface area contributed by atoms with Crippen LogP contribution in [0.25, 0.3) is 0 Å². The summed E-state index contributed by atoms with van der Waals surface area (Å²) in [5.41, 5.74) is 2.28. The van der Waals surface area contributed by atoms with Crippen molar-refractivity contribution in [2.75, 3.05) is 19.8 Å². The second-order valence-corrected chi connectivity index (χ2v) is 4.65. The summed E-state index contributed by atoms with van der Waals surface area (Å²) >= 11 is 0. The SMILES string of the molecule is CCNC(COCCC(F)(F)F)c1ccc(CC)cc1. The van der Waals surface area contributed by atoms with E-state index >= 15 is 0 Å². The molecule has 0 bridgehead atoms. The van der Waals surface area contributed by atoms with E-state index in [-0.39, 0.29) is 19.3 Å². The van der Waals surface area contributed by atoms with E-state index in [0.717, 1.165) is 18.5 Å². The second-order valence-electron chi connectivity index (χ2n) is 4.65. The third-order valence-electron chi connectivity index (χ3n) is 3.06. The Bertz CT molecular complexity index is 376. The minimum Gasteiger partial charge on any atom is -0.379 e. The van der Waals surface area contributed by atoms with Crippen molar-refractivity contribution in [2.45, 2.75) is 38.9 Å². The molecule has 0 aromatic heterocycles. The molecule has 0 spiro atoms. The van der Waals surface area contributed by atoms with Crippen LogP contribution in [-0.4, -0.2) is 25.9 Å². The lowest BCUT2D eigenvalue weighted by Gasteiger charge is -2.19. The Balaban J connectivity index is 2.50. The number of halogens is 3. The normalized spacial score (nSPS) is 13.4. The fourth-order valence-electron chi connectivity index (χ4n) is 1.89. The summed E-state index contributed by atoms with van der Waals surface area (Å²) < 4.78 is 41.3. The summed E-state index contributed by atoms with van der Waals surface area (Å²) in [5.74, 6) is 0. The number of likely N-dealkylation sites (N-methyl/N-ethyl adjacent to an activating group) is 1. The monoisotopic (exact) mass is 289 g/mol. The molecule has 1 unspecified atom stereocenters. The van der Waals surface area contributed by atoms with Crippen molar-refractivity contribution in [3.05, 3.63) is 35.4 Å². The minimum absolute atomic E-state index is 0.0702. The molecule has 1 atom stereocenters. The van der Waals surface area contributed by atoms with Gasteiger partial charge in [-0.25, -0.2) is 0 Å². The fraction of sp³-hybridized carbons (Fsp3) is 0.600. The third-order valence-corrected chi connectivity index (χ3v) is 3.06. The molecule has 0 amide bonds. The van der Waals surface area contributed by atoms with Crippen LogP contribution in [0.1, 0.15) is 37.4 Å². The van der Waals surface area contributed by atoms with Crippen LogP contribution in [0.4, 0.5) is 13.2 Å². The van der Waals surface area contributed by atoms with E-state index in [9.17, 15) is 13.2 Å². The number of hydrogen-bond donors (Lipinski definition) is 1. The number of aryl methyl sites for hydroxylation is 1. The Kier molecular flexibility index (Phi) is 7.02. The molecule has 1 N–H and O–H groups in total. The van der Waals surface area contributed by atoms with E-state index in [1.165, 1.54) is 5.56 Å². The number of rotatable bonds is 8. The van der Waals surface area contributed by atoms with Gasteiger partial charge in [-0.2, -0.15) is 13.2 Å². The lowest BCUT2D eigenvalue weighted by molar-refractivity contribution is -0.145. The van der Waals surface area contributed by atoms with Crippen LogP contribution in [0.15, 0.2) is 24.3 Å². The molecule has 0 saturated carbocycles. The molecule has 114 valence electrons. The molecule has 0 fully saturated rings. The molecule has 1 rings (SSSR count). The van der Waals surface area contributed by atoms with Gasteiger partial charge < -0.3 is 10.1 Å². The van der Waals surface area contributed by atoms with Crippen LogP contribution in [0.3, 0.4) is 0 Å². The summed E-state index contributed by atoms with van der Waals surface area (Å²) in [7, 11) is 0. The summed E-state index contributed by atoms with van der Waals surface area (Å²) in [6, 6.07) is 8.00. The smallest absolute Gasteiger partial charge is 0.379 e. The maximum Gasteiger partial charge on any atom is 0.391 e. The highest BCUT2D eigenvalue weighted by Crippen LogP contribution is 2.20. The van der Waals surface area contributed by atoms with Crippen molar-refractivity contribution in [3.8, 4) is 0 Å². The van der Waals surface area contributed by atoms with Gasteiger partial charge >= 0.3 is 6.18 Å². The van der Waals surface area contributed by atoms with Gasteiger partial charge in [-0.05, 0) is 24.1 Å². The third kappa shape index (κ3) is 6.39. The van der Waals surface area contributed by atoms with Crippen LogP contribution in [0.2, 0.25) is 0 Å². The van der Waals surface area contributed by atoms with E-state index < -0.39 is 12.6 Å². The quantitative estimate of drug-likeness (QED) is 0.734. The minimum atomic E-state index is -4.16. The van der Waals surface area contributed by atoms with Gasteiger partial charge in [0.15, 0.2) is 0 Å². The molecular formula is C15H22F3NO. The van der Waals surface area contributed by atoms with E-state index in [2.05, 4.69) is 12.2 Å². The Morgan fingerprint density at radius 1 is 1.15 bits per heavy atom. The van der Waals surface area contributed by atoms with Crippen LogP contribution in [0.5, 0.6) is 0 Å². The predicted molar refractivity (Wildman–Crippen MR) is 73.7 cm³/mol. The van der Waals surface area contributed by atoms with E-state index in [1.54, 1.807) is 0 Å². The highest BCUT2D eigenvalue weighted by Gasteiger charge is 2.26. The van der Waals surface area contributed by atoms with Gasteiger partial charge in [0.05, 0.1) is 25.7 Å². The van der Waals surface area contributed by atoms with Crippen molar-refractivity contribution in [2.24, 2.45) is 0 Å². The van der Waals surface area contributed by atoms with Crippen LogP contribution >= 0.6 is 0 Å². The van der Waals surface area contributed by atoms with Gasteiger partial charge in [0.2, 0.25) is 0 Å². The number of nitrogens with one attached hydrogen (secondary N) is 1. The van der Waals surface area contributed by atoms with Crippen molar-refractivity contribution in [1.82, 2.24) is 5.32 Å². The lowest BCUT2D eigenvalue weighted by Crippen LogP contribution is -2.26. The zero-order valence-electron chi connectivity index (χ0n) is 12.0. The molecule has 0 radical (unpaired) electrons. The molecule has 0 aliphatic rings. The van der Waals surface area contributed by atoms with Crippen molar-refractivity contribution < 1.29 is 17.9 Å². The first-order valence-corrected chi connectivity index (χ1v) is 6.93. The molecular weight excluding hydrogens is 267 g/mol.